The standard InChI is InChI=1S/C18H11F8N3O3S2/c19-12-7-15(34(30,31)2-1-27-16-28-8-29-33-16)13(20)6-14(12)32-11-4-9(17(21,22)23)3-10(5-11)18(24,25)26/h3-8H,1-2H2,(H,27,28,29). The Kier molecular flexibility index (Phi) is 7.02. The third-order valence-electron chi connectivity index (χ3n) is 4.12. The lowest BCUT2D eigenvalue weighted by atomic mass is 10.1. The number of halogens is 8. The van der Waals surface area contributed by atoms with Gasteiger partial charge in [0, 0.05) is 24.1 Å². The van der Waals surface area contributed by atoms with Crippen molar-refractivity contribution in [2.45, 2.75) is 17.2 Å². The van der Waals surface area contributed by atoms with Crippen LogP contribution in [0, 0.1) is 11.6 Å². The lowest BCUT2D eigenvalue weighted by Gasteiger charge is -2.15. The van der Waals surface area contributed by atoms with Crippen LogP contribution in [0.3, 0.4) is 0 Å². The van der Waals surface area contributed by atoms with Crippen LogP contribution in [-0.4, -0.2) is 30.1 Å². The van der Waals surface area contributed by atoms with Crippen molar-refractivity contribution in [2.24, 2.45) is 0 Å². The number of sulfone groups is 1. The number of hydrogen-bond acceptors (Lipinski definition) is 7. The van der Waals surface area contributed by atoms with Gasteiger partial charge in [-0.25, -0.2) is 22.2 Å². The molecule has 0 aliphatic heterocycles. The summed E-state index contributed by atoms with van der Waals surface area (Å²) in [5.74, 6) is -5.93. The molecule has 0 fully saturated rings. The van der Waals surface area contributed by atoms with Crippen LogP contribution in [0.25, 0.3) is 0 Å². The summed E-state index contributed by atoms with van der Waals surface area (Å²) in [5.41, 5.74) is -3.47. The van der Waals surface area contributed by atoms with Gasteiger partial charge in [-0.2, -0.15) is 30.7 Å². The molecule has 1 aromatic heterocycles. The maximum Gasteiger partial charge on any atom is 0.416 e. The highest BCUT2D eigenvalue weighted by atomic mass is 32.2. The monoisotopic (exact) mass is 533 g/mol. The molecule has 6 nitrogen and oxygen atoms in total. The van der Waals surface area contributed by atoms with E-state index in [1.807, 2.05) is 0 Å². The normalized spacial score (nSPS) is 12.6. The molecule has 0 bridgehead atoms. The van der Waals surface area contributed by atoms with E-state index in [0.717, 1.165) is 11.5 Å². The zero-order chi connectivity index (χ0) is 25.3. The first-order chi connectivity index (χ1) is 15.7. The first-order valence-corrected chi connectivity index (χ1v) is 11.3. The Morgan fingerprint density at radius 2 is 1.53 bits per heavy atom. The van der Waals surface area contributed by atoms with Gasteiger partial charge in [0.15, 0.2) is 21.4 Å². The molecular weight excluding hydrogens is 522 g/mol. The van der Waals surface area contributed by atoms with Gasteiger partial charge in [-0.1, -0.05) is 0 Å². The summed E-state index contributed by atoms with van der Waals surface area (Å²) in [6.07, 6.45) is -9.18. The fraction of sp³-hybridized carbons (Fsp3) is 0.222. The van der Waals surface area contributed by atoms with Crippen molar-refractivity contribution >= 4 is 26.5 Å². The van der Waals surface area contributed by atoms with Gasteiger partial charge < -0.3 is 10.1 Å². The summed E-state index contributed by atoms with van der Waals surface area (Å²) in [5, 5.41) is 2.89. The van der Waals surface area contributed by atoms with E-state index in [-0.39, 0.29) is 42.0 Å². The summed E-state index contributed by atoms with van der Waals surface area (Å²) in [6.45, 7) is -0.235. The SMILES string of the molecule is O=S(=O)(CCNc1ncns1)c1cc(F)c(Oc2cc(C(F)(F)F)cc(C(F)(F)F)c2)cc1F. The molecule has 0 aliphatic rings. The van der Waals surface area contributed by atoms with Gasteiger partial charge in [0.05, 0.1) is 16.9 Å². The molecule has 34 heavy (non-hydrogen) atoms. The second kappa shape index (κ2) is 9.32. The molecule has 16 heteroatoms. The lowest BCUT2D eigenvalue weighted by molar-refractivity contribution is -0.143. The fourth-order valence-electron chi connectivity index (χ4n) is 2.59. The van der Waals surface area contributed by atoms with Crippen LogP contribution in [0.5, 0.6) is 11.5 Å². The maximum absolute atomic E-state index is 14.4. The third kappa shape index (κ3) is 6.11. The molecule has 0 spiro atoms. The van der Waals surface area contributed by atoms with E-state index in [4.69, 9.17) is 4.74 Å². The highest BCUT2D eigenvalue weighted by Gasteiger charge is 2.37. The molecule has 0 amide bonds. The number of nitrogens with one attached hydrogen (secondary N) is 1. The van der Waals surface area contributed by atoms with Gasteiger partial charge in [-0.3, -0.25) is 0 Å². The van der Waals surface area contributed by atoms with E-state index in [9.17, 15) is 43.5 Å². The number of rotatable bonds is 7. The minimum absolute atomic E-state index is 0.163. The molecule has 2 aromatic carbocycles. The van der Waals surface area contributed by atoms with Crippen molar-refractivity contribution in [3.05, 3.63) is 59.4 Å². The van der Waals surface area contributed by atoms with E-state index in [2.05, 4.69) is 14.7 Å². The average Bonchev–Trinajstić information content (AvgIpc) is 3.22. The smallest absolute Gasteiger partial charge is 0.416 e. The summed E-state index contributed by atoms with van der Waals surface area (Å²) in [6, 6.07) is 0.596. The predicted molar refractivity (Wildman–Crippen MR) is 103 cm³/mol. The number of ether oxygens (including phenoxy) is 1. The lowest BCUT2D eigenvalue weighted by Crippen LogP contribution is -2.17. The molecule has 184 valence electrons. The molecule has 3 rings (SSSR count). The zero-order valence-electron chi connectivity index (χ0n) is 16.3. The molecule has 1 heterocycles. The highest BCUT2D eigenvalue weighted by Crippen LogP contribution is 2.39. The molecule has 0 unspecified atom stereocenters. The third-order valence-corrected chi connectivity index (χ3v) is 6.47. The summed E-state index contributed by atoms with van der Waals surface area (Å²) in [4.78, 5) is 2.67. The van der Waals surface area contributed by atoms with Gasteiger partial charge in [-0.05, 0) is 24.3 Å². The zero-order valence-corrected chi connectivity index (χ0v) is 18.0. The van der Waals surface area contributed by atoms with Crippen LogP contribution in [-0.2, 0) is 22.2 Å². The largest absolute Gasteiger partial charge is 0.454 e. The number of nitrogens with zero attached hydrogens (tertiary/aromatic N) is 2. The van der Waals surface area contributed by atoms with Crippen molar-refractivity contribution in [2.75, 3.05) is 17.6 Å². The van der Waals surface area contributed by atoms with Gasteiger partial charge in [0.2, 0.25) is 5.13 Å². The molecular formula is C18H11F8N3O3S2. The summed E-state index contributed by atoms with van der Waals surface area (Å²) < 4.78 is 140. The molecule has 0 atom stereocenters. The number of alkyl halides is 6. The minimum Gasteiger partial charge on any atom is -0.454 e. The molecule has 0 aliphatic carbocycles. The Morgan fingerprint density at radius 3 is 2.06 bits per heavy atom. The fourth-order valence-corrected chi connectivity index (χ4v) is 4.28. The number of hydrogen-bond donors (Lipinski definition) is 1. The Labute approximate surface area is 190 Å². The van der Waals surface area contributed by atoms with Crippen molar-refractivity contribution in [3.63, 3.8) is 0 Å². The molecule has 0 saturated heterocycles. The topological polar surface area (TPSA) is 81.2 Å². The predicted octanol–water partition coefficient (Wildman–Crippen LogP) is 5.53. The summed E-state index contributed by atoms with van der Waals surface area (Å²) >= 11 is 0.924. The number of aromatic nitrogens is 2. The first-order valence-electron chi connectivity index (χ1n) is 8.86. The number of anilines is 1. The molecule has 3 aromatic rings. The highest BCUT2D eigenvalue weighted by molar-refractivity contribution is 7.91. The van der Waals surface area contributed by atoms with E-state index in [1.165, 1.54) is 6.33 Å². The Bertz CT molecular complexity index is 1240. The molecule has 1 N–H and O–H groups in total. The molecule has 0 radical (unpaired) electrons. The van der Waals surface area contributed by atoms with Gasteiger partial charge in [-0.15, -0.1) is 0 Å². The second-order valence-electron chi connectivity index (χ2n) is 6.55. The van der Waals surface area contributed by atoms with E-state index in [0.29, 0.717) is 0 Å². The van der Waals surface area contributed by atoms with E-state index >= 15 is 0 Å². The van der Waals surface area contributed by atoms with Gasteiger partial charge in [0.25, 0.3) is 0 Å². The quantitative estimate of drug-likeness (QED) is 0.403. The van der Waals surface area contributed by atoms with Crippen LogP contribution < -0.4 is 10.1 Å². The Morgan fingerprint density at radius 1 is 0.912 bits per heavy atom. The van der Waals surface area contributed by atoms with Gasteiger partial charge >= 0.3 is 12.4 Å². The first kappa shape index (κ1) is 25.6. The Balaban J connectivity index is 1.88. The summed E-state index contributed by atoms with van der Waals surface area (Å²) in [7, 11) is -4.38. The van der Waals surface area contributed by atoms with Crippen LogP contribution >= 0.6 is 11.5 Å². The van der Waals surface area contributed by atoms with Crippen LogP contribution in [0.1, 0.15) is 11.1 Å². The Hall–Kier alpha value is -3.01. The minimum atomic E-state index is -5.19. The van der Waals surface area contributed by atoms with Crippen LogP contribution in [0.2, 0.25) is 0 Å². The van der Waals surface area contributed by atoms with Crippen molar-refractivity contribution in [3.8, 4) is 11.5 Å². The maximum atomic E-state index is 14.4. The van der Waals surface area contributed by atoms with E-state index in [1.54, 1.807) is 0 Å². The average molecular weight is 533 g/mol. The molecule has 0 saturated carbocycles. The van der Waals surface area contributed by atoms with Crippen LogP contribution in [0.15, 0.2) is 41.6 Å². The van der Waals surface area contributed by atoms with Crippen molar-refractivity contribution < 1.29 is 48.3 Å². The van der Waals surface area contributed by atoms with E-state index < -0.39 is 67.1 Å². The van der Waals surface area contributed by atoms with Gasteiger partial charge in [0.1, 0.15) is 22.8 Å². The second-order valence-corrected chi connectivity index (χ2v) is 9.41. The van der Waals surface area contributed by atoms with Crippen molar-refractivity contribution in [1.29, 1.82) is 0 Å². The van der Waals surface area contributed by atoms with Crippen LogP contribution in [0.4, 0.5) is 40.3 Å². The van der Waals surface area contributed by atoms with Crippen molar-refractivity contribution in [1.82, 2.24) is 9.36 Å². The number of benzene rings is 2.